The summed E-state index contributed by atoms with van der Waals surface area (Å²) in [5.41, 5.74) is 3.99. The average Bonchev–Trinajstić information content (AvgIpc) is 3.18. The second kappa shape index (κ2) is 11.6. The van der Waals surface area contributed by atoms with Crippen LogP contribution >= 0.6 is 0 Å². The number of likely N-dealkylation sites (tertiary alicyclic amines) is 1. The van der Waals surface area contributed by atoms with Gasteiger partial charge in [-0.05, 0) is 74.7 Å². The zero-order valence-electron chi connectivity index (χ0n) is 21.1. The van der Waals surface area contributed by atoms with Crippen LogP contribution in [-0.4, -0.2) is 71.0 Å². The predicted molar refractivity (Wildman–Crippen MR) is 144 cm³/mol. The Morgan fingerprint density at radius 2 is 1.72 bits per heavy atom. The van der Waals surface area contributed by atoms with E-state index < -0.39 is 0 Å². The minimum Gasteiger partial charge on any atom is -0.355 e. The molecule has 188 valence electrons. The van der Waals surface area contributed by atoms with Crippen molar-refractivity contribution in [3.8, 4) is 0 Å². The number of hydrogen-bond donors (Lipinski definition) is 1. The van der Waals surface area contributed by atoms with Crippen LogP contribution in [0.5, 0.6) is 0 Å². The van der Waals surface area contributed by atoms with Crippen molar-refractivity contribution in [3.63, 3.8) is 0 Å². The number of hydrogen-bond acceptors (Lipinski definition) is 6. The molecule has 0 saturated carbocycles. The molecule has 5 rings (SSSR count). The lowest BCUT2D eigenvalue weighted by Gasteiger charge is -2.38. The number of piperidine rings is 1. The smallest absolute Gasteiger partial charge is 0.274 e. The molecule has 4 heterocycles. The molecule has 2 aromatic heterocycles. The van der Waals surface area contributed by atoms with Gasteiger partial charge in [0, 0.05) is 56.8 Å². The SMILES string of the molecule is Cc1ccccc1CN1CCC(N2CCCN(c3cccc(C(=O)Nc4ccncc4)n3)CC2)CC1. The van der Waals surface area contributed by atoms with Crippen molar-refractivity contribution in [3.05, 3.63) is 83.8 Å². The summed E-state index contributed by atoms with van der Waals surface area (Å²) in [6.07, 6.45) is 6.90. The maximum Gasteiger partial charge on any atom is 0.274 e. The third kappa shape index (κ3) is 6.09. The number of anilines is 2. The molecule has 7 heteroatoms. The minimum absolute atomic E-state index is 0.197. The van der Waals surface area contributed by atoms with E-state index in [-0.39, 0.29) is 5.91 Å². The van der Waals surface area contributed by atoms with Crippen LogP contribution in [0.2, 0.25) is 0 Å². The molecule has 0 unspecified atom stereocenters. The third-order valence-electron chi connectivity index (χ3n) is 7.49. The van der Waals surface area contributed by atoms with Crippen LogP contribution in [-0.2, 0) is 6.54 Å². The highest BCUT2D eigenvalue weighted by Crippen LogP contribution is 2.22. The van der Waals surface area contributed by atoms with Gasteiger partial charge in [-0.2, -0.15) is 0 Å². The van der Waals surface area contributed by atoms with E-state index in [0.29, 0.717) is 11.7 Å². The number of rotatable bonds is 6. The summed E-state index contributed by atoms with van der Waals surface area (Å²) in [5, 5.41) is 2.90. The Labute approximate surface area is 214 Å². The van der Waals surface area contributed by atoms with E-state index in [0.717, 1.165) is 63.7 Å². The number of carbonyl (C=O) groups is 1. The fourth-order valence-corrected chi connectivity index (χ4v) is 5.36. The van der Waals surface area contributed by atoms with Crippen LogP contribution in [0.15, 0.2) is 67.0 Å². The first kappa shape index (κ1) is 24.4. The highest BCUT2D eigenvalue weighted by atomic mass is 16.1. The first-order valence-electron chi connectivity index (χ1n) is 13.1. The van der Waals surface area contributed by atoms with E-state index in [4.69, 9.17) is 4.98 Å². The molecule has 1 amide bonds. The second-order valence-electron chi connectivity index (χ2n) is 9.88. The molecular formula is C29H36N6O. The van der Waals surface area contributed by atoms with Crippen molar-refractivity contribution in [1.82, 2.24) is 19.8 Å². The summed E-state index contributed by atoms with van der Waals surface area (Å²) >= 11 is 0. The Bertz CT molecular complexity index is 1150. The van der Waals surface area contributed by atoms with Gasteiger partial charge in [-0.1, -0.05) is 30.3 Å². The van der Waals surface area contributed by atoms with Crippen molar-refractivity contribution < 1.29 is 4.79 Å². The minimum atomic E-state index is -0.197. The molecule has 0 spiro atoms. The van der Waals surface area contributed by atoms with Gasteiger partial charge in [0.05, 0.1) is 0 Å². The molecular weight excluding hydrogens is 448 g/mol. The number of carbonyl (C=O) groups excluding carboxylic acids is 1. The van der Waals surface area contributed by atoms with Gasteiger partial charge < -0.3 is 10.2 Å². The first-order valence-corrected chi connectivity index (χ1v) is 13.1. The Morgan fingerprint density at radius 3 is 2.53 bits per heavy atom. The molecule has 1 aromatic carbocycles. The molecule has 2 saturated heterocycles. The summed E-state index contributed by atoms with van der Waals surface area (Å²) in [4.78, 5) is 29.0. The summed E-state index contributed by atoms with van der Waals surface area (Å²) in [5.74, 6) is 0.684. The number of amides is 1. The molecule has 2 fully saturated rings. The van der Waals surface area contributed by atoms with Gasteiger partial charge in [0.15, 0.2) is 0 Å². The lowest BCUT2D eigenvalue weighted by molar-refractivity contribution is 0.102. The molecule has 0 aliphatic carbocycles. The summed E-state index contributed by atoms with van der Waals surface area (Å²) in [6.45, 7) is 9.66. The predicted octanol–water partition coefficient (Wildman–Crippen LogP) is 4.21. The number of pyridine rings is 2. The van der Waals surface area contributed by atoms with Crippen LogP contribution in [0.25, 0.3) is 0 Å². The number of benzene rings is 1. The number of nitrogens with zero attached hydrogens (tertiary/aromatic N) is 5. The Kier molecular flexibility index (Phi) is 7.88. The van der Waals surface area contributed by atoms with E-state index >= 15 is 0 Å². The molecule has 7 nitrogen and oxygen atoms in total. The largest absolute Gasteiger partial charge is 0.355 e. The van der Waals surface area contributed by atoms with Gasteiger partial charge >= 0.3 is 0 Å². The van der Waals surface area contributed by atoms with Crippen molar-refractivity contribution in [2.24, 2.45) is 0 Å². The van der Waals surface area contributed by atoms with E-state index in [1.165, 1.54) is 24.0 Å². The molecule has 0 bridgehead atoms. The van der Waals surface area contributed by atoms with Gasteiger partial charge in [-0.15, -0.1) is 0 Å². The molecule has 0 radical (unpaired) electrons. The van der Waals surface area contributed by atoms with Gasteiger partial charge in [-0.3, -0.25) is 19.6 Å². The lowest BCUT2D eigenvalue weighted by atomic mass is 10.0. The van der Waals surface area contributed by atoms with Crippen LogP contribution in [0.3, 0.4) is 0 Å². The molecule has 36 heavy (non-hydrogen) atoms. The highest BCUT2D eigenvalue weighted by molar-refractivity contribution is 6.03. The Hall–Kier alpha value is -3.29. The molecule has 3 aromatic rings. The van der Waals surface area contributed by atoms with Crippen molar-refractivity contribution in [2.45, 2.75) is 38.8 Å². The van der Waals surface area contributed by atoms with Crippen molar-refractivity contribution >= 4 is 17.4 Å². The summed E-state index contributed by atoms with van der Waals surface area (Å²) < 4.78 is 0. The van der Waals surface area contributed by atoms with Crippen LogP contribution in [0.4, 0.5) is 11.5 Å². The molecule has 1 N–H and O–H groups in total. The quantitative estimate of drug-likeness (QED) is 0.565. The molecule has 2 aliphatic rings. The summed E-state index contributed by atoms with van der Waals surface area (Å²) in [6, 6.07) is 18.7. The Balaban J connectivity index is 1.14. The maximum atomic E-state index is 12.7. The van der Waals surface area contributed by atoms with Gasteiger partial charge in [0.25, 0.3) is 5.91 Å². The topological polar surface area (TPSA) is 64.6 Å². The fraction of sp³-hybridized carbons (Fsp3) is 0.414. The molecule has 0 atom stereocenters. The summed E-state index contributed by atoms with van der Waals surface area (Å²) in [7, 11) is 0. The van der Waals surface area contributed by atoms with E-state index in [1.54, 1.807) is 30.6 Å². The van der Waals surface area contributed by atoms with Gasteiger partial charge in [-0.25, -0.2) is 4.98 Å². The average molecular weight is 485 g/mol. The van der Waals surface area contributed by atoms with Crippen molar-refractivity contribution in [2.75, 3.05) is 49.5 Å². The zero-order valence-corrected chi connectivity index (χ0v) is 21.1. The zero-order chi connectivity index (χ0) is 24.7. The number of nitrogens with one attached hydrogen (secondary N) is 1. The van der Waals surface area contributed by atoms with E-state index in [1.807, 2.05) is 12.1 Å². The van der Waals surface area contributed by atoms with Crippen LogP contribution < -0.4 is 10.2 Å². The van der Waals surface area contributed by atoms with Crippen LogP contribution in [0, 0.1) is 6.92 Å². The first-order chi connectivity index (χ1) is 17.7. The second-order valence-corrected chi connectivity index (χ2v) is 9.88. The van der Waals surface area contributed by atoms with E-state index in [2.05, 4.69) is 56.2 Å². The standard InChI is InChI=1S/C29H36N6O/c1-23-6-2-3-7-24(23)22-33-18-12-26(13-19-33)34-16-5-17-35(21-20-34)28-9-4-8-27(32-28)29(36)31-25-10-14-30-15-11-25/h2-4,6-11,14-15,26H,5,12-13,16-22H2,1H3,(H,30,31,36). The Morgan fingerprint density at radius 1 is 0.917 bits per heavy atom. The van der Waals surface area contributed by atoms with Gasteiger partial charge in [0.2, 0.25) is 0 Å². The fourth-order valence-electron chi connectivity index (χ4n) is 5.36. The number of aromatic nitrogens is 2. The monoisotopic (exact) mass is 484 g/mol. The highest BCUT2D eigenvalue weighted by Gasteiger charge is 2.27. The van der Waals surface area contributed by atoms with E-state index in [9.17, 15) is 4.79 Å². The van der Waals surface area contributed by atoms with Gasteiger partial charge in [0.1, 0.15) is 11.5 Å². The van der Waals surface area contributed by atoms with Crippen LogP contribution in [0.1, 0.15) is 40.9 Å². The van der Waals surface area contributed by atoms with Crippen molar-refractivity contribution in [1.29, 1.82) is 0 Å². The number of aryl methyl sites for hydroxylation is 1. The lowest BCUT2D eigenvalue weighted by Crippen LogP contribution is -2.46. The third-order valence-corrected chi connectivity index (χ3v) is 7.49. The molecule has 2 aliphatic heterocycles. The normalized spacial score (nSPS) is 18.1. The maximum absolute atomic E-state index is 12.7.